The summed E-state index contributed by atoms with van der Waals surface area (Å²) < 4.78 is 11.1. The number of carbonyl (C=O) groups is 2. The number of ether oxygens (including phenoxy) is 2. The summed E-state index contributed by atoms with van der Waals surface area (Å²) in [5, 5.41) is 12.0. The molecule has 1 unspecified atom stereocenters. The zero-order valence-electron chi connectivity index (χ0n) is 19.5. The van der Waals surface area contributed by atoms with Crippen LogP contribution in [-0.2, 0) is 14.3 Å². The molecule has 2 heterocycles. The summed E-state index contributed by atoms with van der Waals surface area (Å²) in [6, 6.07) is 11.1. The Balaban J connectivity index is 1.74. The lowest BCUT2D eigenvalue weighted by Crippen LogP contribution is -2.42. The van der Waals surface area contributed by atoms with Crippen molar-refractivity contribution in [2.24, 2.45) is 0 Å². The van der Waals surface area contributed by atoms with E-state index in [1.165, 1.54) is 4.90 Å². The predicted octanol–water partition coefficient (Wildman–Crippen LogP) is 4.54. The first-order chi connectivity index (χ1) is 16.9. The third-order valence-corrected chi connectivity index (χ3v) is 6.88. The third-order valence-electron chi connectivity index (χ3n) is 6.14. The number of hydrogen-bond donors (Lipinski definition) is 1. The fourth-order valence-corrected chi connectivity index (χ4v) is 4.63. The van der Waals surface area contributed by atoms with E-state index in [0.717, 1.165) is 19.5 Å². The fourth-order valence-electron chi connectivity index (χ4n) is 4.32. The summed E-state index contributed by atoms with van der Waals surface area (Å²) in [7, 11) is 0. The highest BCUT2D eigenvalue weighted by molar-refractivity contribution is 6.46. The molecular formula is C26H28Cl2N2O5. The Hall–Kier alpha value is -2.58. The van der Waals surface area contributed by atoms with Gasteiger partial charge in [0.2, 0.25) is 0 Å². The number of benzene rings is 2. The number of aliphatic hydroxyl groups is 1. The number of likely N-dealkylation sites (tertiary alicyclic amines) is 1. The lowest BCUT2D eigenvalue weighted by Gasteiger charge is -2.31. The molecule has 2 saturated heterocycles. The van der Waals surface area contributed by atoms with Crippen molar-refractivity contribution in [3.8, 4) is 5.75 Å². The van der Waals surface area contributed by atoms with Crippen molar-refractivity contribution in [3.63, 3.8) is 0 Å². The highest BCUT2D eigenvalue weighted by atomic mass is 35.5. The summed E-state index contributed by atoms with van der Waals surface area (Å²) in [6.45, 7) is 6.19. The van der Waals surface area contributed by atoms with Gasteiger partial charge in [-0.25, -0.2) is 0 Å². The number of aliphatic hydroxyl groups excluding tert-OH is 1. The van der Waals surface area contributed by atoms with Gasteiger partial charge in [0.05, 0.1) is 41.5 Å². The van der Waals surface area contributed by atoms with Crippen molar-refractivity contribution in [1.82, 2.24) is 9.80 Å². The lowest BCUT2D eigenvalue weighted by molar-refractivity contribution is -0.140. The Kier molecular flexibility index (Phi) is 8.34. The van der Waals surface area contributed by atoms with Gasteiger partial charge in [-0.3, -0.25) is 14.5 Å². The molecule has 0 bridgehead atoms. The number of hydrogen-bond acceptors (Lipinski definition) is 6. The zero-order valence-corrected chi connectivity index (χ0v) is 21.0. The van der Waals surface area contributed by atoms with Gasteiger partial charge in [0.1, 0.15) is 11.5 Å². The van der Waals surface area contributed by atoms with Crippen LogP contribution in [0.4, 0.5) is 0 Å². The van der Waals surface area contributed by atoms with Crippen molar-refractivity contribution in [3.05, 3.63) is 69.2 Å². The number of morpholine rings is 1. The Labute approximate surface area is 214 Å². The Morgan fingerprint density at radius 2 is 1.86 bits per heavy atom. The second-order valence-electron chi connectivity index (χ2n) is 8.50. The zero-order chi connectivity index (χ0) is 24.9. The van der Waals surface area contributed by atoms with Gasteiger partial charge in [0.15, 0.2) is 0 Å². The number of amides is 1. The van der Waals surface area contributed by atoms with E-state index in [1.54, 1.807) is 42.5 Å². The van der Waals surface area contributed by atoms with Gasteiger partial charge in [0.25, 0.3) is 11.7 Å². The first-order valence-corrected chi connectivity index (χ1v) is 12.4. The maximum atomic E-state index is 13.2. The minimum atomic E-state index is -0.800. The molecule has 1 atom stereocenters. The highest BCUT2D eigenvalue weighted by Gasteiger charge is 2.46. The van der Waals surface area contributed by atoms with Crippen LogP contribution in [0.2, 0.25) is 10.0 Å². The molecular weight excluding hydrogens is 491 g/mol. The van der Waals surface area contributed by atoms with Gasteiger partial charge in [-0.15, -0.1) is 0 Å². The van der Waals surface area contributed by atoms with Crippen molar-refractivity contribution in [2.75, 3.05) is 46.0 Å². The van der Waals surface area contributed by atoms with E-state index < -0.39 is 17.7 Å². The molecule has 2 fully saturated rings. The van der Waals surface area contributed by atoms with Gasteiger partial charge in [-0.1, -0.05) is 48.3 Å². The normalized spacial score (nSPS) is 20.4. The predicted molar refractivity (Wildman–Crippen MR) is 135 cm³/mol. The fraction of sp³-hybridized carbons (Fsp3) is 0.385. The van der Waals surface area contributed by atoms with E-state index in [2.05, 4.69) is 4.90 Å². The van der Waals surface area contributed by atoms with E-state index in [0.29, 0.717) is 59.8 Å². The molecule has 0 radical (unpaired) electrons. The van der Waals surface area contributed by atoms with Crippen LogP contribution in [0.3, 0.4) is 0 Å². The topological polar surface area (TPSA) is 79.3 Å². The van der Waals surface area contributed by atoms with Gasteiger partial charge in [-0.2, -0.15) is 0 Å². The van der Waals surface area contributed by atoms with Crippen LogP contribution in [0.5, 0.6) is 5.75 Å². The van der Waals surface area contributed by atoms with Gasteiger partial charge in [0, 0.05) is 31.7 Å². The van der Waals surface area contributed by atoms with E-state index in [4.69, 9.17) is 32.7 Å². The van der Waals surface area contributed by atoms with Crippen LogP contribution < -0.4 is 4.74 Å². The number of nitrogens with zero attached hydrogens (tertiary/aromatic N) is 2. The number of rotatable bonds is 8. The minimum Gasteiger partial charge on any atom is -0.507 e. The largest absolute Gasteiger partial charge is 0.507 e. The standard InChI is InChI=1S/C26H28Cl2N2O5/c1-2-12-35-19-5-3-4-18(15-19)24(31)22-23(17-6-7-20(27)21(28)16-17)30(26(33)25(22)32)9-8-29-10-13-34-14-11-29/h3-7,15-16,23,31H,2,8-14H2,1H3/b24-22+. The average molecular weight is 519 g/mol. The smallest absolute Gasteiger partial charge is 0.295 e. The van der Waals surface area contributed by atoms with Crippen LogP contribution in [0.15, 0.2) is 48.0 Å². The molecule has 1 N–H and O–H groups in total. The van der Waals surface area contributed by atoms with Crippen molar-refractivity contribution in [1.29, 1.82) is 0 Å². The Morgan fingerprint density at radius 1 is 1.09 bits per heavy atom. The van der Waals surface area contributed by atoms with Gasteiger partial charge < -0.3 is 19.5 Å². The summed E-state index contributed by atoms with van der Waals surface area (Å²) >= 11 is 12.4. The molecule has 2 aliphatic rings. The minimum absolute atomic E-state index is 0.0167. The molecule has 1 amide bonds. The molecule has 0 aromatic heterocycles. The van der Waals surface area contributed by atoms with Crippen LogP contribution >= 0.6 is 23.2 Å². The van der Waals surface area contributed by atoms with E-state index >= 15 is 0 Å². The third kappa shape index (κ3) is 5.64. The van der Waals surface area contributed by atoms with Crippen molar-refractivity contribution in [2.45, 2.75) is 19.4 Å². The first-order valence-electron chi connectivity index (χ1n) is 11.7. The first kappa shape index (κ1) is 25.5. The molecule has 4 rings (SSSR count). The van der Waals surface area contributed by atoms with Crippen LogP contribution in [0.1, 0.15) is 30.5 Å². The van der Waals surface area contributed by atoms with E-state index in [-0.39, 0.29) is 11.3 Å². The van der Waals surface area contributed by atoms with Crippen molar-refractivity contribution < 1.29 is 24.2 Å². The number of ketones is 1. The monoisotopic (exact) mass is 518 g/mol. The summed E-state index contributed by atoms with van der Waals surface area (Å²) in [5.74, 6) is -1.08. The molecule has 35 heavy (non-hydrogen) atoms. The Bertz CT molecular complexity index is 1130. The highest BCUT2D eigenvalue weighted by Crippen LogP contribution is 2.41. The van der Waals surface area contributed by atoms with Gasteiger partial charge in [-0.05, 0) is 36.2 Å². The SMILES string of the molecule is CCCOc1cccc(/C(O)=C2\C(=O)C(=O)N(CCN3CCOCC3)C2c2ccc(Cl)c(Cl)c2)c1. The lowest BCUT2D eigenvalue weighted by atomic mass is 9.95. The van der Waals surface area contributed by atoms with Crippen LogP contribution in [0, 0.1) is 0 Å². The van der Waals surface area contributed by atoms with E-state index in [9.17, 15) is 14.7 Å². The summed E-state index contributed by atoms with van der Waals surface area (Å²) in [5.41, 5.74) is 1.01. The number of halogens is 2. The van der Waals surface area contributed by atoms with E-state index in [1.807, 2.05) is 6.92 Å². The molecule has 2 aliphatic heterocycles. The second kappa shape index (κ2) is 11.4. The van der Waals surface area contributed by atoms with Crippen molar-refractivity contribution >= 4 is 40.7 Å². The quantitative estimate of drug-likeness (QED) is 0.314. The maximum absolute atomic E-state index is 13.2. The second-order valence-corrected chi connectivity index (χ2v) is 9.31. The summed E-state index contributed by atoms with van der Waals surface area (Å²) in [6.07, 6.45) is 0.835. The molecule has 0 aliphatic carbocycles. The molecule has 2 aromatic carbocycles. The average Bonchev–Trinajstić information content (AvgIpc) is 3.13. The summed E-state index contributed by atoms with van der Waals surface area (Å²) in [4.78, 5) is 30.1. The Morgan fingerprint density at radius 3 is 2.57 bits per heavy atom. The molecule has 0 spiro atoms. The molecule has 7 nitrogen and oxygen atoms in total. The molecule has 2 aromatic rings. The van der Waals surface area contributed by atoms with Gasteiger partial charge >= 0.3 is 0 Å². The molecule has 9 heteroatoms. The van der Waals surface area contributed by atoms with Crippen LogP contribution in [0.25, 0.3) is 5.76 Å². The maximum Gasteiger partial charge on any atom is 0.295 e. The number of Topliss-reactive ketones (excluding diaryl/α,β-unsaturated/α-hetero) is 1. The molecule has 0 saturated carbocycles. The molecule has 186 valence electrons. The van der Waals surface area contributed by atoms with Crippen LogP contribution in [-0.4, -0.2) is 72.6 Å². The number of carbonyl (C=O) groups excluding carboxylic acids is 2.